The molecule has 30 heavy (non-hydrogen) atoms. The second kappa shape index (κ2) is 9.56. The Bertz CT molecular complexity index is 1040. The monoisotopic (exact) mass is 407 g/mol. The van der Waals surface area contributed by atoms with E-state index in [-0.39, 0.29) is 18.1 Å². The molecular formula is C23H22FN3O3. The van der Waals surface area contributed by atoms with E-state index in [9.17, 15) is 14.0 Å². The summed E-state index contributed by atoms with van der Waals surface area (Å²) in [5.74, 6) is 0.496. The molecule has 0 aliphatic carbocycles. The highest BCUT2D eigenvalue weighted by Crippen LogP contribution is 2.26. The van der Waals surface area contributed by atoms with Gasteiger partial charge < -0.3 is 21.1 Å². The van der Waals surface area contributed by atoms with E-state index in [2.05, 4.69) is 10.6 Å². The maximum Gasteiger partial charge on any atom is 0.312 e. The van der Waals surface area contributed by atoms with Crippen LogP contribution in [-0.2, 0) is 4.79 Å². The van der Waals surface area contributed by atoms with Crippen molar-refractivity contribution in [1.82, 2.24) is 5.32 Å². The van der Waals surface area contributed by atoms with Gasteiger partial charge in [-0.1, -0.05) is 30.3 Å². The quantitative estimate of drug-likeness (QED) is 0.531. The number of ether oxygens (including phenoxy) is 1. The second-order valence-electron chi connectivity index (χ2n) is 6.76. The molecule has 0 aliphatic rings. The number of primary amides is 1. The predicted molar refractivity (Wildman–Crippen MR) is 113 cm³/mol. The molecule has 0 aromatic heterocycles. The summed E-state index contributed by atoms with van der Waals surface area (Å²) >= 11 is 0. The molecule has 7 heteroatoms. The molecule has 0 radical (unpaired) electrons. The lowest BCUT2D eigenvalue weighted by Crippen LogP contribution is -2.35. The Kier molecular flexibility index (Phi) is 6.64. The fraction of sp³-hybridized carbons (Fsp3) is 0.130. The maximum atomic E-state index is 13.3. The number of carbonyl (C=O) groups excluding carboxylic acids is 2. The highest BCUT2D eigenvalue weighted by molar-refractivity contribution is 5.92. The van der Waals surface area contributed by atoms with Gasteiger partial charge in [-0.3, -0.25) is 4.79 Å². The van der Waals surface area contributed by atoms with E-state index in [1.165, 1.54) is 18.2 Å². The van der Waals surface area contributed by atoms with Crippen LogP contribution in [0, 0.1) is 12.7 Å². The molecule has 4 N–H and O–H groups in total. The average molecular weight is 407 g/mol. The van der Waals surface area contributed by atoms with Crippen molar-refractivity contribution in [3.8, 4) is 11.5 Å². The van der Waals surface area contributed by atoms with Crippen molar-refractivity contribution in [1.29, 1.82) is 0 Å². The van der Waals surface area contributed by atoms with Gasteiger partial charge in [0, 0.05) is 5.69 Å². The van der Waals surface area contributed by atoms with Gasteiger partial charge in [-0.15, -0.1) is 0 Å². The molecule has 6 nitrogen and oxygen atoms in total. The van der Waals surface area contributed by atoms with Gasteiger partial charge >= 0.3 is 6.03 Å². The number of halogens is 1. The zero-order valence-corrected chi connectivity index (χ0v) is 16.4. The number of hydrogen-bond donors (Lipinski definition) is 3. The number of nitrogens with two attached hydrogens (primary N) is 1. The van der Waals surface area contributed by atoms with Crippen molar-refractivity contribution in [2.75, 3.05) is 5.32 Å². The Balaban J connectivity index is 1.76. The number of anilines is 1. The van der Waals surface area contributed by atoms with Crippen LogP contribution in [-0.4, -0.2) is 11.9 Å². The molecule has 0 saturated heterocycles. The van der Waals surface area contributed by atoms with E-state index in [0.717, 1.165) is 0 Å². The van der Waals surface area contributed by atoms with E-state index >= 15 is 0 Å². The third-order valence-electron chi connectivity index (χ3n) is 4.41. The lowest BCUT2D eigenvalue weighted by molar-refractivity contribution is -0.116. The number of amides is 3. The lowest BCUT2D eigenvalue weighted by atomic mass is 10.0. The van der Waals surface area contributed by atoms with Crippen LogP contribution >= 0.6 is 0 Å². The first-order chi connectivity index (χ1) is 14.4. The molecule has 0 aliphatic heterocycles. The molecular weight excluding hydrogens is 385 g/mol. The SMILES string of the molecule is Cc1cc(F)ccc1NC(=O)CC(NC(N)=O)c1cccc(Oc2ccccc2)c1. The first-order valence-corrected chi connectivity index (χ1v) is 9.35. The summed E-state index contributed by atoms with van der Waals surface area (Å²) in [6.45, 7) is 1.70. The van der Waals surface area contributed by atoms with Crippen LogP contribution in [0.5, 0.6) is 11.5 Å². The predicted octanol–water partition coefficient (Wildman–Crippen LogP) is 4.66. The first kappa shape index (κ1) is 20.9. The number of hydrogen-bond acceptors (Lipinski definition) is 3. The van der Waals surface area contributed by atoms with Crippen molar-refractivity contribution >= 4 is 17.6 Å². The number of carbonyl (C=O) groups is 2. The summed E-state index contributed by atoms with van der Waals surface area (Å²) in [4.78, 5) is 24.1. The molecule has 154 valence electrons. The number of nitrogens with one attached hydrogen (secondary N) is 2. The molecule has 1 unspecified atom stereocenters. The zero-order valence-electron chi connectivity index (χ0n) is 16.4. The lowest BCUT2D eigenvalue weighted by Gasteiger charge is -2.19. The van der Waals surface area contributed by atoms with Gasteiger partial charge in [-0.05, 0) is 60.5 Å². The normalized spacial score (nSPS) is 11.4. The summed E-state index contributed by atoms with van der Waals surface area (Å²) in [5.41, 5.74) is 7.07. The van der Waals surface area contributed by atoms with Gasteiger partial charge in [0.15, 0.2) is 0 Å². The largest absolute Gasteiger partial charge is 0.457 e. The Morgan fingerprint density at radius 2 is 1.73 bits per heavy atom. The molecule has 3 aromatic rings. The minimum atomic E-state index is -0.750. The fourth-order valence-electron chi connectivity index (χ4n) is 3.00. The van der Waals surface area contributed by atoms with Crippen molar-refractivity contribution in [2.45, 2.75) is 19.4 Å². The van der Waals surface area contributed by atoms with E-state index in [0.29, 0.717) is 28.3 Å². The molecule has 3 rings (SSSR count). The fourth-order valence-corrected chi connectivity index (χ4v) is 3.00. The number of rotatable bonds is 7. The van der Waals surface area contributed by atoms with Crippen LogP contribution < -0.4 is 21.1 Å². The van der Waals surface area contributed by atoms with Crippen molar-refractivity contribution < 1.29 is 18.7 Å². The third kappa shape index (κ3) is 5.81. The Labute approximate surface area is 173 Å². The van der Waals surface area contributed by atoms with E-state index in [4.69, 9.17) is 10.5 Å². The molecule has 3 amide bonds. The molecule has 0 spiro atoms. The van der Waals surface area contributed by atoms with Crippen LogP contribution in [0.3, 0.4) is 0 Å². The molecule has 3 aromatic carbocycles. The minimum absolute atomic E-state index is 0.0610. The molecule has 0 heterocycles. The summed E-state index contributed by atoms with van der Waals surface area (Å²) in [7, 11) is 0. The standard InChI is InChI=1S/C23H22FN3O3/c1-15-12-17(24)10-11-20(15)26-22(28)14-21(27-23(25)29)16-6-5-9-19(13-16)30-18-7-3-2-4-8-18/h2-13,21H,14H2,1H3,(H,26,28)(H3,25,27,29). The Hall–Kier alpha value is -3.87. The Morgan fingerprint density at radius 1 is 1.00 bits per heavy atom. The van der Waals surface area contributed by atoms with E-state index in [1.807, 2.05) is 30.3 Å². The minimum Gasteiger partial charge on any atom is -0.457 e. The van der Waals surface area contributed by atoms with Crippen molar-refractivity contribution in [3.05, 3.63) is 89.7 Å². The number of para-hydroxylation sites is 1. The van der Waals surface area contributed by atoms with Crippen LogP contribution in [0.4, 0.5) is 14.9 Å². The molecule has 0 fully saturated rings. The number of aryl methyl sites for hydroxylation is 1. The topological polar surface area (TPSA) is 93.5 Å². The van der Waals surface area contributed by atoms with E-state index < -0.39 is 12.1 Å². The summed E-state index contributed by atoms with van der Waals surface area (Å²) in [6, 6.07) is 19.0. The summed E-state index contributed by atoms with van der Waals surface area (Å²) < 4.78 is 19.1. The van der Waals surface area contributed by atoms with Gasteiger partial charge in [-0.2, -0.15) is 0 Å². The second-order valence-corrected chi connectivity index (χ2v) is 6.76. The van der Waals surface area contributed by atoms with Crippen LogP contribution in [0.15, 0.2) is 72.8 Å². The van der Waals surface area contributed by atoms with E-state index in [1.54, 1.807) is 31.2 Å². The summed E-state index contributed by atoms with van der Waals surface area (Å²) in [5, 5.41) is 5.33. The van der Waals surface area contributed by atoms with Gasteiger partial charge in [0.05, 0.1) is 12.5 Å². The van der Waals surface area contributed by atoms with Gasteiger partial charge in [0.25, 0.3) is 0 Å². The van der Waals surface area contributed by atoms with Gasteiger partial charge in [0.1, 0.15) is 17.3 Å². The van der Waals surface area contributed by atoms with Gasteiger partial charge in [0.2, 0.25) is 5.91 Å². The highest BCUT2D eigenvalue weighted by Gasteiger charge is 2.19. The van der Waals surface area contributed by atoms with Crippen molar-refractivity contribution in [2.24, 2.45) is 5.73 Å². The zero-order chi connectivity index (χ0) is 21.5. The first-order valence-electron chi connectivity index (χ1n) is 9.35. The van der Waals surface area contributed by atoms with Crippen LogP contribution in [0.2, 0.25) is 0 Å². The number of urea groups is 1. The summed E-state index contributed by atoms with van der Waals surface area (Å²) in [6.07, 6.45) is -0.0610. The van der Waals surface area contributed by atoms with Crippen LogP contribution in [0.1, 0.15) is 23.6 Å². The number of benzene rings is 3. The maximum absolute atomic E-state index is 13.3. The molecule has 1 atom stereocenters. The third-order valence-corrected chi connectivity index (χ3v) is 4.41. The smallest absolute Gasteiger partial charge is 0.312 e. The van der Waals surface area contributed by atoms with Crippen LogP contribution in [0.25, 0.3) is 0 Å². The van der Waals surface area contributed by atoms with Crippen molar-refractivity contribution in [3.63, 3.8) is 0 Å². The highest BCUT2D eigenvalue weighted by atomic mass is 19.1. The molecule has 0 saturated carbocycles. The van der Waals surface area contributed by atoms with Gasteiger partial charge in [-0.25, -0.2) is 9.18 Å². The average Bonchev–Trinajstić information content (AvgIpc) is 2.70. The molecule has 0 bridgehead atoms. The Morgan fingerprint density at radius 3 is 2.43 bits per heavy atom.